The van der Waals surface area contributed by atoms with Gasteiger partial charge < -0.3 is 9.47 Å². The summed E-state index contributed by atoms with van der Waals surface area (Å²) in [6.07, 6.45) is 0. The first-order valence-electron chi connectivity index (χ1n) is 21.9. The standard InChI is InChI=1S/C61H44N2/c1-61(2)53-32-13-9-30-51(53)60-54(61)33-19-37-58(60)62(55-34-14-10-27-47(55)41-20-5-3-6-21-41)45-26-17-24-43(38-45)48-31-18-25-44-39-46(40-52(59(44)48)42-22-7-4-8-23-42)63-56-35-15-11-28-49(56)50-29-12-16-36-57(50)63/h3-40H,1-2H3. The van der Waals surface area contributed by atoms with Crippen LogP contribution in [-0.4, -0.2) is 4.57 Å². The second kappa shape index (κ2) is 14.6. The number of anilines is 3. The molecule has 0 amide bonds. The maximum Gasteiger partial charge on any atom is 0.0543 e. The first-order valence-corrected chi connectivity index (χ1v) is 21.9. The molecule has 2 nitrogen and oxygen atoms in total. The summed E-state index contributed by atoms with van der Waals surface area (Å²) in [5.74, 6) is 0. The lowest BCUT2D eigenvalue weighted by Gasteiger charge is -2.31. The molecule has 1 aliphatic rings. The molecule has 298 valence electrons. The normalized spacial score (nSPS) is 12.7. The van der Waals surface area contributed by atoms with Gasteiger partial charge >= 0.3 is 0 Å². The van der Waals surface area contributed by atoms with Gasteiger partial charge in [-0.2, -0.15) is 0 Å². The minimum absolute atomic E-state index is 0.136. The third-order valence-corrected chi connectivity index (χ3v) is 13.4. The smallest absolute Gasteiger partial charge is 0.0543 e. The molecule has 1 aromatic heterocycles. The quantitative estimate of drug-likeness (QED) is 0.156. The van der Waals surface area contributed by atoms with Crippen LogP contribution in [0.2, 0.25) is 0 Å². The van der Waals surface area contributed by atoms with E-state index < -0.39 is 0 Å². The Morgan fingerprint density at radius 3 is 1.67 bits per heavy atom. The van der Waals surface area contributed by atoms with E-state index in [4.69, 9.17) is 0 Å². The Morgan fingerprint density at radius 1 is 0.381 bits per heavy atom. The highest BCUT2D eigenvalue weighted by atomic mass is 15.1. The van der Waals surface area contributed by atoms with E-state index in [-0.39, 0.29) is 5.41 Å². The fraction of sp³-hybridized carbons (Fsp3) is 0.0492. The zero-order valence-corrected chi connectivity index (χ0v) is 35.3. The van der Waals surface area contributed by atoms with Gasteiger partial charge in [-0.15, -0.1) is 0 Å². The molecule has 0 bridgehead atoms. The summed E-state index contributed by atoms with van der Waals surface area (Å²) < 4.78 is 2.43. The largest absolute Gasteiger partial charge is 0.309 e. The Labute approximate surface area is 368 Å². The molecule has 0 aliphatic heterocycles. The van der Waals surface area contributed by atoms with Crippen LogP contribution in [0.4, 0.5) is 17.1 Å². The first kappa shape index (κ1) is 36.9. The molecule has 12 rings (SSSR count). The lowest BCUT2D eigenvalue weighted by molar-refractivity contribution is 0.660. The van der Waals surface area contributed by atoms with Gasteiger partial charge in [0.05, 0.1) is 22.4 Å². The van der Waals surface area contributed by atoms with Crippen LogP contribution >= 0.6 is 0 Å². The van der Waals surface area contributed by atoms with Gasteiger partial charge in [0.2, 0.25) is 0 Å². The first-order chi connectivity index (χ1) is 31.0. The molecule has 0 atom stereocenters. The van der Waals surface area contributed by atoms with E-state index in [1.54, 1.807) is 0 Å². The summed E-state index contributed by atoms with van der Waals surface area (Å²) in [5, 5.41) is 4.95. The van der Waals surface area contributed by atoms with Gasteiger partial charge in [-0.3, -0.25) is 0 Å². The minimum atomic E-state index is -0.136. The van der Waals surface area contributed by atoms with Crippen LogP contribution in [0.15, 0.2) is 231 Å². The molecule has 1 aliphatic carbocycles. The van der Waals surface area contributed by atoms with Crippen molar-refractivity contribution in [1.82, 2.24) is 4.57 Å². The number of aromatic nitrogens is 1. The van der Waals surface area contributed by atoms with Crippen LogP contribution in [0.3, 0.4) is 0 Å². The van der Waals surface area contributed by atoms with E-state index in [9.17, 15) is 0 Å². The van der Waals surface area contributed by atoms with Crippen molar-refractivity contribution in [2.75, 3.05) is 4.90 Å². The average Bonchev–Trinajstić information content (AvgIpc) is 3.80. The van der Waals surface area contributed by atoms with E-state index in [0.717, 1.165) is 22.6 Å². The van der Waals surface area contributed by atoms with E-state index in [2.05, 4.69) is 254 Å². The molecular formula is C61H44N2. The van der Waals surface area contributed by atoms with E-state index in [0.29, 0.717) is 0 Å². The molecule has 2 heteroatoms. The van der Waals surface area contributed by atoms with Gasteiger partial charge in [0, 0.05) is 38.7 Å². The maximum atomic E-state index is 2.51. The topological polar surface area (TPSA) is 8.17 Å². The summed E-state index contributed by atoms with van der Waals surface area (Å²) in [7, 11) is 0. The van der Waals surface area contributed by atoms with E-state index >= 15 is 0 Å². The Kier molecular flexibility index (Phi) is 8.55. The fourth-order valence-corrected chi connectivity index (χ4v) is 10.5. The minimum Gasteiger partial charge on any atom is -0.309 e. The lowest BCUT2D eigenvalue weighted by atomic mass is 9.82. The highest BCUT2D eigenvalue weighted by Gasteiger charge is 2.38. The molecule has 0 saturated heterocycles. The lowest BCUT2D eigenvalue weighted by Crippen LogP contribution is -2.16. The Hall–Kier alpha value is -7.94. The predicted octanol–water partition coefficient (Wildman–Crippen LogP) is 16.7. The molecule has 10 aromatic carbocycles. The number of nitrogens with zero attached hydrogens (tertiary/aromatic N) is 2. The Morgan fingerprint density at radius 2 is 0.921 bits per heavy atom. The van der Waals surface area contributed by atoms with Crippen molar-refractivity contribution in [1.29, 1.82) is 0 Å². The summed E-state index contributed by atoms with van der Waals surface area (Å²) in [6.45, 7) is 4.73. The van der Waals surface area contributed by atoms with Crippen molar-refractivity contribution >= 4 is 49.6 Å². The van der Waals surface area contributed by atoms with E-state index in [1.165, 1.54) is 88.3 Å². The molecule has 0 unspecified atom stereocenters. The SMILES string of the molecule is CC1(C)c2ccccc2-c2c(N(c3cccc(-c4cccc5cc(-n6c7ccccc7c7ccccc76)cc(-c6ccccc6)c45)c3)c3ccccc3-c3ccccc3)cccc21. The van der Waals surface area contributed by atoms with Crippen molar-refractivity contribution in [3.63, 3.8) is 0 Å². The van der Waals surface area contributed by atoms with E-state index in [1.807, 2.05) is 0 Å². The number of fused-ring (bicyclic) bond motifs is 7. The van der Waals surface area contributed by atoms with Gasteiger partial charge in [-0.1, -0.05) is 196 Å². The van der Waals surface area contributed by atoms with Crippen molar-refractivity contribution < 1.29 is 0 Å². The summed E-state index contributed by atoms with van der Waals surface area (Å²) in [6, 6.07) is 84.7. The molecule has 0 saturated carbocycles. The maximum absolute atomic E-state index is 2.51. The Balaban J connectivity index is 1.10. The van der Waals surface area contributed by atoms with Crippen molar-refractivity contribution in [3.05, 3.63) is 242 Å². The molecule has 0 fully saturated rings. The van der Waals surface area contributed by atoms with Gasteiger partial charge in [0.15, 0.2) is 0 Å². The third-order valence-electron chi connectivity index (χ3n) is 13.4. The number of hydrogen-bond donors (Lipinski definition) is 0. The molecular weight excluding hydrogens is 761 g/mol. The number of para-hydroxylation sites is 3. The summed E-state index contributed by atoms with van der Waals surface area (Å²) in [4.78, 5) is 2.51. The zero-order chi connectivity index (χ0) is 42.1. The number of hydrogen-bond acceptors (Lipinski definition) is 1. The third kappa shape index (κ3) is 5.86. The second-order valence-electron chi connectivity index (χ2n) is 17.3. The molecule has 63 heavy (non-hydrogen) atoms. The molecule has 0 radical (unpaired) electrons. The van der Waals surface area contributed by atoms with Gasteiger partial charge in [-0.25, -0.2) is 0 Å². The van der Waals surface area contributed by atoms with Crippen LogP contribution in [0.5, 0.6) is 0 Å². The predicted molar refractivity (Wildman–Crippen MR) is 267 cm³/mol. The fourth-order valence-electron chi connectivity index (χ4n) is 10.5. The summed E-state index contributed by atoms with van der Waals surface area (Å²) >= 11 is 0. The summed E-state index contributed by atoms with van der Waals surface area (Å²) in [5.41, 5.74) is 19.2. The monoisotopic (exact) mass is 804 g/mol. The van der Waals surface area contributed by atoms with Crippen molar-refractivity contribution in [3.8, 4) is 50.2 Å². The second-order valence-corrected chi connectivity index (χ2v) is 17.3. The van der Waals surface area contributed by atoms with Gasteiger partial charge in [0.25, 0.3) is 0 Å². The van der Waals surface area contributed by atoms with Crippen molar-refractivity contribution in [2.24, 2.45) is 0 Å². The van der Waals surface area contributed by atoms with Crippen LogP contribution < -0.4 is 4.90 Å². The number of benzene rings is 10. The van der Waals surface area contributed by atoms with Crippen LogP contribution in [0, 0.1) is 0 Å². The van der Waals surface area contributed by atoms with Gasteiger partial charge in [-0.05, 0) is 104 Å². The molecule has 1 heterocycles. The van der Waals surface area contributed by atoms with Gasteiger partial charge in [0.1, 0.15) is 0 Å². The molecule has 0 N–H and O–H groups in total. The molecule has 11 aromatic rings. The van der Waals surface area contributed by atoms with Crippen molar-refractivity contribution in [2.45, 2.75) is 19.3 Å². The number of rotatable bonds is 7. The van der Waals surface area contributed by atoms with Crippen LogP contribution in [-0.2, 0) is 5.41 Å². The zero-order valence-electron chi connectivity index (χ0n) is 35.3. The highest BCUT2D eigenvalue weighted by Crippen LogP contribution is 2.55. The average molecular weight is 805 g/mol. The highest BCUT2D eigenvalue weighted by molar-refractivity contribution is 6.12. The van der Waals surface area contributed by atoms with Crippen LogP contribution in [0.25, 0.3) is 82.8 Å². The Bertz CT molecular complexity index is 3490. The molecule has 0 spiro atoms. The van der Waals surface area contributed by atoms with Crippen LogP contribution in [0.1, 0.15) is 25.0 Å².